The van der Waals surface area contributed by atoms with E-state index in [1.807, 2.05) is 6.08 Å². The summed E-state index contributed by atoms with van der Waals surface area (Å²) >= 11 is 0. The SMILES string of the molecule is C[C@]12CCC3C(CCC4=CC(=O)CC[C@@]43C)C1CCC2C(=O)COC1CCCCO1. The van der Waals surface area contributed by atoms with Crippen molar-refractivity contribution >= 4 is 11.6 Å². The molecule has 3 saturated carbocycles. The molecule has 0 aromatic carbocycles. The third-order valence-electron chi connectivity index (χ3n) is 9.90. The second kappa shape index (κ2) is 7.85. The second-order valence-corrected chi connectivity index (χ2v) is 11.2. The fraction of sp³-hybridized carbons (Fsp3) is 0.846. The van der Waals surface area contributed by atoms with Gasteiger partial charge in [-0.2, -0.15) is 0 Å². The van der Waals surface area contributed by atoms with Crippen molar-refractivity contribution < 1.29 is 19.1 Å². The molecule has 4 aliphatic carbocycles. The smallest absolute Gasteiger partial charge is 0.162 e. The van der Waals surface area contributed by atoms with Crippen LogP contribution in [0.5, 0.6) is 0 Å². The molecule has 5 aliphatic rings. The molecule has 30 heavy (non-hydrogen) atoms. The molecule has 0 bridgehead atoms. The summed E-state index contributed by atoms with van der Waals surface area (Å²) in [6.07, 6.45) is 13.5. The van der Waals surface area contributed by atoms with Crippen LogP contribution < -0.4 is 0 Å². The lowest BCUT2D eigenvalue weighted by atomic mass is 9.46. The quantitative estimate of drug-likeness (QED) is 0.631. The Morgan fingerprint density at radius 3 is 2.73 bits per heavy atom. The van der Waals surface area contributed by atoms with Crippen molar-refractivity contribution in [1.29, 1.82) is 0 Å². The standard InChI is InChI=1S/C26H38O4/c1-25-12-10-18(27)15-17(25)6-7-19-20-8-9-22(26(20,2)13-11-21(19)25)23(28)16-30-24-5-3-4-14-29-24/h15,19-22,24H,3-14,16H2,1-2H3/t19?,20?,21?,22?,24?,25-,26-/m0/s1. The lowest BCUT2D eigenvalue weighted by Gasteiger charge is -2.58. The van der Waals surface area contributed by atoms with E-state index >= 15 is 0 Å². The highest BCUT2D eigenvalue weighted by Crippen LogP contribution is 2.66. The molecule has 4 heteroatoms. The van der Waals surface area contributed by atoms with Crippen molar-refractivity contribution in [2.45, 2.75) is 90.8 Å². The minimum atomic E-state index is -0.180. The molecule has 0 amide bonds. The van der Waals surface area contributed by atoms with Gasteiger partial charge in [0.2, 0.25) is 0 Å². The molecule has 166 valence electrons. The number of allylic oxidation sites excluding steroid dienone is 1. The van der Waals surface area contributed by atoms with Gasteiger partial charge in [0, 0.05) is 18.9 Å². The van der Waals surface area contributed by atoms with E-state index in [-0.39, 0.29) is 29.6 Å². The summed E-state index contributed by atoms with van der Waals surface area (Å²) in [4.78, 5) is 25.2. The molecule has 0 N–H and O–H groups in total. The van der Waals surface area contributed by atoms with Gasteiger partial charge in [0.15, 0.2) is 17.9 Å². The number of hydrogen-bond donors (Lipinski definition) is 0. The summed E-state index contributed by atoms with van der Waals surface area (Å²) in [5.74, 6) is 2.81. The number of ether oxygens (including phenoxy) is 2. The molecule has 0 aromatic rings. The van der Waals surface area contributed by atoms with Gasteiger partial charge in [0.25, 0.3) is 0 Å². The Balaban J connectivity index is 1.29. The van der Waals surface area contributed by atoms with Crippen LogP contribution >= 0.6 is 0 Å². The highest BCUT2D eigenvalue weighted by Gasteiger charge is 2.60. The van der Waals surface area contributed by atoms with Gasteiger partial charge in [-0.05, 0) is 98.9 Å². The van der Waals surface area contributed by atoms with Gasteiger partial charge < -0.3 is 9.47 Å². The van der Waals surface area contributed by atoms with E-state index in [2.05, 4.69) is 13.8 Å². The molecule has 0 radical (unpaired) electrons. The zero-order valence-corrected chi connectivity index (χ0v) is 18.8. The fourth-order valence-electron chi connectivity index (χ4n) is 8.21. The van der Waals surface area contributed by atoms with Crippen LogP contribution in [0, 0.1) is 34.5 Å². The van der Waals surface area contributed by atoms with Crippen LogP contribution in [0.25, 0.3) is 0 Å². The molecule has 5 rings (SSSR count). The maximum atomic E-state index is 13.2. The Hall–Kier alpha value is -1.00. The van der Waals surface area contributed by atoms with Gasteiger partial charge in [0.1, 0.15) is 6.61 Å². The Morgan fingerprint density at radius 1 is 1.07 bits per heavy atom. The van der Waals surface area contributed by atoms with Gasteiger partial charge in [0.05, 0.1) is 0 Å². The van der Waals surface area contributed by atoms with Crippen LogP contribution in [-0.4, -0.2) is 31.1 Å². The van der Waals surface area contributed by atoms with Crippen molar-refractivity contribution in [1.82, 2.24) is 0 Å². The molecule has 0 aromatic heterocycles. The number of fused-ring (bicyclic) bond motifs is 5. The van der Waals surface area contributed by atoms with Crippen LogP contribution in [-0.2, 0) is 19.1 Å². The number of rotatable bonds is 4. The first-order chi connectivity index (χ1) is 14.4. The van der Waals surface area contributed by atoms with Crippen molar-refractivity contribution in [2.75, 3.05) is 13.2 Å². The largest absolute Gasteiger partial charge is 0.353 e. The summed E-state index contributed by atoms with van der Waals surface area (Å²) in [5, 5.41) is 0. The molecule has 1 heterocycles. The van der Waals surface area contributed by atoms with Crippen LogP contribution in [0.1, 0.15) is 84.5 Å². The molecule has 4 nitrogen and oxygen atoms in total. The molecular formula is C26H38O4. The van der Waals surface area contributed by atoms with E-state index in [1.165, 1.54) is 24.8 Å². The molecule has 0 spiro atoms. The molecule has 1 aliphatic heterocycles. The first kappa shape index (κ1) is 20.9. The number of carbonyl (C=O) groups excluding carboxylic acids is 2. The topological polar surface area (TPSA) is 52.6 Å². The summed E-state index contributed by atoms with van der Waals surface area (Å²) in [5.41, 5.74) is 1.76. The predicted octanol–water partition coefficient (Wildman–Crippen LogP) is 5.25. The first-order valence-corrected chi connectivity index (χ1v) is 12.4. The Bertz CT molecular complexity index is 735. The predicted molar refractivity (Wildman–Crippen MR) is 115 cm³/mol. The van der Waals surface area contributed by atoms with Crippen molar-refractivity contribution in [3.05, 3.63) is 11.6 Å². The number of hydrogen-bond acceptors (Lipinski definition) is 4. The van der Waals surface area contributed by atoms with Crippen LogP contribution in [0.2, 0.25) is 0 Å². The van der Waals surface area contributed by atoms with Gasteiger partial charge in [-0.3, -0.25) is 9.59 Å². The normalized spacial score (nSPS) is 45.9. The number of Topliss-reactive ketones (excluding diaryl/α,β-unsaturated/α-hetero) is 1. The number of ketones is 2. The third kappa shape index (κ3) is 3.33. The summed E-state index contributed by atoms with van der Waals surface area (Å²) in [6.45, 7) is 5.81. The van der Waals surface area contributed by atoms with Crippen molar-refractivity contribution in [2.24, 2.45) is 34.5 Å². The summed E-state index contributed by atoms with van der Waals surface area (Å²) < 4.78 is 11.5. The third-order valence-corrected chi connectivity index (χ3v) is 9.90. The Kier molecular flexibility index (Phi) is 5.46. The zero-order chi connectivity index (χ0) is 20.9. The average molecular weight is 415 g/mol. The van der Waals surface area contributed by atoms with Gasteiger partial charge in [-0.25, -0.2) is 0 Å². The van der Waals surface area contributed by atoms with Crippen molar-refractivity contribution in [3.63, 3.8) is 0 Å². The van der Waals surface area contributed by atoms with Crippen LogP contribution in [0.15, 0.2) is 11.6 Å². The Morgan fingerprint density at radius 2 is 1.93 bits per heavy atom. The van der Waals surface area contributed by atoms with Gasteiger partial charge in [-0.1, -0.05) is 19.4 Å². The molecule has 5 unspecified atom stereocenters. The van der Waals surface area contributed by atoms with E-state index in [0.717, 1.165) is 51.6 Å². The van der Waals surface area contributed by atoms with Crippen molar-refractivity contribution in [3.8, 4) is 0 Å². The van der Waals surface area contributed by atoms with Crippen LogP contribution in [0.3, 0.4) is 0 Å². The second-order valence-electron chi connectivity index (χ2n) is 11.2. The molecule has 1 saturated heterocycles. The lowest BCUT2D eigenvalue weighted by molar-refractivity contribution is -0.173. The van der Waals surface area contributed by atoms with Crippen LogP contribution in [0.4, 0.5) is 0 Å². The summed E-state index contributed by atoms with van der Waals surface area (Å²) in [6, 6.07) is 0. The minimum Gasteiger partial charge on any atom is -0.353 e. The van der Waals surface area contributed by atoms with E-state index in [4.69, 9.17) is 9.47 Å². The van der Waals surface area contributed by atoms with E-state index in [1.54, 1.807) is 0 Å². The first-order valence-electron chi connectivity index (χ1n) is 12.4. The van der Waals surface area contributed by atoms with E-state index in [0.29, 0.717) is 35.7 Å². The lowest BCUT2D eigenvalue weighted by Crippen LogP contribution is -2.51. The minimum absolute atomic E-state index is 0.122. The maximum Gasteiger partial charge on any atom is 0.162 e. The summed E-state index contributed by atoms with van der Waals surface area (Å²) in [7, 11) is 0. The fourth-order valence-corrected chi connectivity index (χ4v) is 8.21. The Labute approximate surface area is 181 Å². The highest BCUT2D eigenvalue weighted by atomic mass is 16.7. The van der Waals surface area contributed by atoms with Gasteiger partial charge >= 0.3 is 0 Å². The monoisotopic (exact) mass is 414 g/mol. The van der Waals surface area contributed by atoms with Gasteiger partial charge in [-0.15, -0.1) is 0 Å². The average Bonchev–Trinajstić information content (AvgIpc) is 3.10. The molecule has 7 atom stereocenters. The number of carbonyl (C=O) groups is 2. The zero-order valence-electron chi connectivity index (χ0n) is 18.8. The molecule has 4 fully saturated rings. The van der Waals surface area contributed by atoms with E-state index < -0.39 is 0 Å². The molecular weight excluding hydrogens is 376 g/mol. The maximum absolute atomic E-state index is 13.2. The highest BCUT2D eigenvalue weighted by molar-refractivity contribution is 5.91. The van der Waals surface area contributed by atoms with E-state index in [9.17, 15) is 9.59 Å².